The van der Waals surface area contributed by atoms with Gasteiger partial charge < -0.3 is 14.8 Å². The second-order valence-electron chi connectivity index (χ2n) is 6.21. The van der Waals surface area contributed by atoms with Crippen LogP contribution < -0.4 is 14.8 Å². The highest BCUT2D eigenvalue weighted by molar-refractivity contribution is 7.12. The molecule has 7 heteroatoms. The smallest absolute Gasteiger partial charge is 0.387 e. The van der Waals surface area contributed by atoms with Gasteiger partial charge in [0, 0.05) is 5.56 Å². The summed E-state index contributed by atoms with van der Waals surface area (Å²) < 4.78 is 35.5. The van der Waals surface area contributed by atoms with Gasteiger partial charge in [0.15, 0.2) is 0 Å². The summed E-state index contributed by atoms with van der Waals surface area (Å²) in [7, 11) is 0. The Morgan fingerprint density at radius 2 is 1.89 bits per heavy atom. The van der Waals surface area contributed by atoms with Crippen LogP contribution >= 0.6 is 11.3 Å². The van der Waals surface area contributed by atoms with E-state index in [1.807, 2.05) is 36.6 Å². The van der Waals surface area contributed by atoms with Crippen LogP contribution in [0.5, 0.6) is 11.5 Å². The van der Waals surface area contributed by atoms with E-state index < -0.39 is 12.5 Å². The number of aryl methyl sites for hydroxylation is 2. The van der Waals surface area contributed by atoms with E-state index in [9.17, 15) is 13.6 Å². The molecular weight excluding hydrogens is 384 g/mol. The highest BCUT2D eigenvalue weighted by Crippen LogP contribution is 2.28. The van der Waals surface area contributed by atoms with Crippen molar-refractivity contribution in [1.82, 2.24) is 0 Å². The fourth-order valence-corrected chi connectivity index (χ4v) is 3.35. The van der Waals surface area contributed by atoms with Crippen LogP contribution in [0.1, 0.15) is 26.4 Å². The minimum Gasteiger partial charge on any atom is -0.489 e. The number of benzene rings is 2. The summed E-state index contributed by atoms with van der Waals surface area (Å²) in [5.74, 6) is 0.325. The maximum atomic E-state index is 12.6. The molecule has 1 aromatic heterocycles. The number of halogens is 2. The van der Waals surface area contributed by atoms with Crippen molar-refractivity contribution in [2.75, 3.05) is 5.32 Å². The molecule has 0 aliphatic heterocycles. The van der Waals surface area contributed by atoms with Crippen LogP contribution in [0.2, 0.25) is 0 Å². The molecular formula is C21H19F2NO3S. The van der Waals surface area contributed by atoms with Gasteiger partial charge in [0.25, 0.3) is 5.91 Å². The van der Waals surface area contributed by atoms with E-state index in [2.05, 4.69) is 10.1 Å². The Balaban J connectivity index is 1.67. The lowest BCUT2D eigenvalue weighted by Gasteiger charge is -2.12. The van der Waals surface area contributed by atoms with Crippen LogP contribution in [0.15, 0.2) is 53.9 Å². The van der Waals surface area contributed by atoms with Gasteiger partial charge in [-0.15, -0.1) is 11.3 Å². The molecule has 0 saturated carbocycles. The highest BCUT2D eigenvalue weighted by atomic mass is 32.1. The number of hydrogen-bond donors (Lipinski definition) is 1. The Hall–Kier alpha value is -2.93. The zero-order chi connectivity index (χ0) is 20.1. The van der Waals surface area contributed by atoms with E-state index in [4.69, 9.17) is 4.74 Å². The normalized spacial score (nSPS) is 10.8. The number of thiophene rings is 1. The third-order valence-electron chi connectivity index (χ3n) is 3.97. The Kier molecular flexibility index (Phi) is 6.26. The Labute approximate surface area is 165 Å². The van der Waals surface area contributed by atoms with Crippen LogP contribution in [0.3, 0.4) is 0 Å². The topological polar surface area (TPSA) is 47.6 Å². The molecule has 2 aromatic carbocycles. The molecule has 1 heterocycles. The van der Waals surface area contributed by atoms with Crippen molar-refractivity contribution in [3.05, 3.63) is 75.5 Å². The minimum atomic E-state index is -2.97. The van der Waals surface area contributed by atoms with E-state index in [1.54, 1.807) is 25.1 Å². The molecule has 4 nitrogen and oxygen atoms in total. The monoisotopic (exact) mass is 403 g/mol. The summed E-state index contributed by atoms with van der Waals surface area (Å²) in [4.78, 5) is 12.9. The van der Waals surface area contributed by atoms with E-state index in [-0.39, 0.29) is 11.4 Å². The van der Waals surface area contributed by atoms with Gasteiger partial charge in [0.05, 0.1) is 10.6 Å². The molecule has 0 atom stereocenters. The van der Waals surface area contributed by atoms with Crippen LogP contribution in [0, 0.1) is 13.8 Å². The summed E-state index contributed by atoms with van der Waals surface area (Å²) >= 11 is 1.26. The Bertz CT molecular complexity index is 972. The van der Waals surface area contributed by atoms with Crippen molar-refractivity contribution in [3.63, 3.8) is 0 Å². The van der Waals surface area contributed by atoms with Gasteiger partial charge in [0.1, 0.15) is 18.1 Å². The number of ether oxygens (including phenoxy) is 2. The average Bonchev–Trinajstić information content (AvgIpc) is 3.12. The van der Waals surface area contributed by atoms with Crippen molar-refractivity contribution < 1.29 is 23.0 Å². The van der Waals surface area contributed by atoms with E-state index >= 15 is 0 Å². The molecule has 0 saturated heterocycles. The van der Waals surface area contributed by atoms with Gasteiger partial charge in [-0.05, 0) is 54.6 Å². The van der Waals surface area contributed by atoms with Gasteiger partial charge in [-0.25, -0.2) is 0 Å². The summed E-state index contributed by atoms with van der Waals surface area (Å²) in [6.45, 7) is 1.08. The Morgan fingerprint density at radius 3 is 2.64 bits per heavy atom. The van der Waals surface area contributed by atoms with Crippen molar-refractivity contribution in [3.8, 4) is 11.5 Å². The van der Waals surface area contributed by atoms with Gasteiger partial charge in [-0.2, -0.15) is 8.78 Å². The SMILES string of the molecule is Cc1ccc(NC(=O)c2cc(COc3ccccc3C)cs2)c(OC(F)F)c1. The summed E-state index contributed by atoms with van der Waals surface area (Å²) in [6, 6.07) is 14.1. The number of carbonyl (C=O) groups excluding carboxylic acids is 1. The number of carbonyl (C=O) groups is 1. The molecule has 28 heavy (non-hydrogen) atoms. The Morgan fingerprint density at radius 1 is 1.11 bits per heavy atom. The maximum absolute atomic E-state index is 12.6. The van der Waals surface area contributed by atoms with Crippen LogP contribution in [-0.4, -0.2) is 12.5 Å². The predicted molar refractivity (Wildman–Crippen MR) is 106 cm³/mol. The second kappa shape index (κ2) is 8.84. The molecule has 3 aromatic rings. The first-order valence-electron chi connectivity index (χ1n) is 8.55. The quantitative estimate of drug-likeness (QED) is 0.543. The zero-order valence-corrected chi connectivity index (χ0v) is 16.2. The number of hydrogen-bond acceptors (Lipinski definition) is 4. The standard InChI is InChI=1S/C21H19F2NO3S/c1-13-7-8-16(18(9-13)27-21(22)23)24-20(25)19-10-15(12-28-19)11-26-17-6-4-3-5-14(17)2/h3-10,12,21H,11H2,1-2H3,(H,24,25). The second-order valence-corrected chi connectivity index (χ2v) is 7.12. The fraction of sp³-hybridized carbons (Fsp3) is 0.190. The maximum Gasteiger partial charge on any atom is 0.387 e. The molecule has 1 amide bonds. The van der Waals surface area contributed by atoms with Gasteiger partial charge >= 0.3 is 6.61 Å². The molecule has 3 rings (SSSR count). The number of amides is 1. The molecule has 0 unspecified atom stereocenters. The first-order valence-corrected chi connectivity index (χ1v) is 9.43. The first-order chi connectivity index (χ1) is 13.4. The molecule has 0 aliphatic carbocycles. The lowest BCUT2D eigenvalue weighted by Crippen LogP contribution is -2.13. The van der Waals surface area contributed by atoms with Crippen LogP contribution in [-0.2, 0) is 6.61 Å². The van der Waals surface area contributed by atoms with Crippen molar-refractivity contribution in [2.45, 2.75) is 27.1 Å². The molecule has 0 bridgehead atoms. The van der Waals surface area contributed by atoms with Crippen molar-refractivity contribution in [1.29, 1.82) is 0 Å². The zero-order valence-electron chi connectivity index (χ0n) is 15.4. The fourth-order valence-electron chi connectivity index (χ4n) is 2.56. The number of para-hydroxylation sites is 1. The number of anilines is 1. The van der Waals surface area contributed by atoms with Gasteiger partial charge in [0.2, 0.25) is 0 Å². The van der Waals surface area contributed by atoms with Crippen molar-refractivity contribution in [2.24, 2.45) is 0 Å². The predicted octanol–water partition coefficient (Wildman–Crippen LogP) is 5.80. The summed E-state index contributed by atoms with van der Waals surface area (Å²) in [5, 5.41) is 4.46. The molecule has 0 radical (unpaired) electrons. The van der Waals surface area contributed by atoms with Crippen molar-refractivity contribution >= 4 is 22.9 Å². The molecule has 0 spiro atoms. The average molecular weight is 403 g/mol. The van der Waals surface area contributed by atoms with Crippen LogP contribution in [0.25, 0.3) is 0 Å². The third-order valence-corrected chi connectivity index (χ3v) is 4.94. The third kappa shape index (κ3) is 5.07. The lowest BCUT2D eigenvalue weighted by molar-refractivity contribution is -0.0494. The molecule has 0 fully saturated rings. The van der Waals surface area contributed by atoms with Gasteiger partial charge in [-0.3, -0.25) is 4.79 Å². The first kappa shape index (κ1) is 19.8. The number of alkyl halides is 2. The van der Waals surface area contributed by atoms with Crippen LogP contribution in [0.4, 0.5) is 14.5 Å². The molecule has 146 valence electrons. The largest absolute Gasteiger partial charge is 0.489 e. The minimum absolute atomic E-state index is 0.0667. The lowest BCUT2D eigenvalue weighted by atomic mass is 10.2. The summed E-state index contributed by atoms with van der Waals surface area (Å²) in [5.41, 5.74) is 2.83. The number of rotatable bonds is 7. The van der Waals surface area contributed by atoms with E-state index in [1.165, 1.54) is 17.4 Å². The van der Waals surface area contributed by atoms with Gasteiger partial charge in [-0.1, -0.05) is 24.3 Å². The summed E-state index contributed by atoms with van der Waals surface area (Å²) in [6.07, 6.45) is 0. The highest BCUT2D eigenvalue weighted by Gasteiger charge is 2.15. The molecule has 1 N–H and O–H groups in total. The van der Waals surface area contributed by atoms with E-state index in [0.717, 1.165) is 22.4 Å². The molecule has 0 aliphatic rings. The van der Waals surface area contributed by atoms with E-state index in [0.29, 0.717) is 11.5 Å². The number of nitrogens with one attached hydrogen (secondary N) is 1.